The van der Waals surface area contributed by atoms with Crippen LogP contribution in [0.3, 0.4) is 0 Å². The van der Waals surface area contributed by atoms with Crippen LogP contribution in [0, 0.1) is 0 Å². The van der Waals surface area contributed by atoms with E-state index in [1.165, 1.54) is 0 Å². The molecular weight excluding hydrogens is 216 g/mol. The summed E-state index contributed by atoms with van der Waals surface area (Å²) in [5.74, 6) is -2.30. The molecule has 90 valence electrons. The zero-order valence-electron chi connectivity index (χ0n) is 8.97. The number of ether oxygens (including phenoxy) is 2. The highest BCUT2D eigenvalue weighted by molar-refractivity contribution is 5.96. The maximum absolute atomic E-state index is 10.9. The van der Waals surface area contributed by atoms with Gasteiger partial charge in [0.15, 0.2) is 0 Å². The Bertz CT molecular complexity index is 281. The molecule has 0 spiro atoms. The molecule has 0 amide bonds. The first kappa shape index (κ1) is 14.3. The molecule has 0 aromatic carbocycles. The number of hydrogen-bond donors (Lipinski definition) is 1. The SMILES string of the molecule is CCC(=O)OC(=O)/C=C\C(=O)OCCCO. The van der Waals surface area contributed by atoms with Gasteiger partial charge in [0.1, 0.15) is 0 Å². The van der Waals surface area contributed by atoms with Crippen LogP contribution < -0.4 is 0 Å². The van der Waals surface area contributed by atoms with E-state index >= 15 is 0 Å². The molecule has 0 bridgehead atoms. The molecule has 0 rings (SSSR count). The summed E-state index contributed by atoms with van der Waals surface area (Å²) in [6.07, 6.45) is 2.09. The van der Waals surface area contributed by atoms with E-state index in [1.54, 1.807) is 6.92 Å². The van der Waals surface area contributed by atoms with E-state index in [1.807, 2.05) is 0 Å². The molecule has 0 aliphatic heterocycles. The lowest BCUT2D eigenvalue weighted by atomic mass is 10.4. The van der Waals surface area contributed by atoms with Crippen LogP contribution in [0.4, 0.5) is 0 Å². The summed E-state index contributed by atoms with van der Waals surface area (Å²) in [5.41, 5.74) is 0. The molecule has 0 aromatic heterocycles. The molecule has 1 N–H and O–H groups in total. The summed E-state index contributed by atoms with van der Waals surface area (Å²) in [6, 6.07) is 0. The highest BCUT2D eigenvalue weighted by atomic mass is 16.6. The summed E-state index contributed by atoms with van der Waals surface area (Å²) in [6.45, 7) is 1.54. The average molecular weight is 230 g/mol. The Morgan fingerprint density at radius 2 is 1.81 bits per heavy atom. The molecule has 6 heteroatoms. The van der Waals surface area contributed by atoms with Crippen LogP contribution in [0.1, 0.15) is 19.8 Å². The number of carbonyl (C=O) groups excluding carboxylic acids is 3. The Balaban J connectivity index is 3.84. The van der Waals surface area contributed by atoms with Crippen molar-refractivity contribution < 1.29 is 29.0 Å². The second-order valence-electron chi connectivity index (χ2n) is 2.72. The minimum absolute atomic E-state index is 0.0720. The molecule has 0 unspecified atom stereocenters. The van der Waals surface area contributed by atoms with Gasteiger partial charge in [-0.25, -0.2) is 9.59 Å². The van der Waals surface area contributed by atoms with Crippen molar-refractivity contribution in [3.8, 4) is 0 Å². The van der Waals surface area contributed by atoms with E-state index < -0.39 is 17.9 Å². The third-order valence-electron chi connectivity index (χ3n) is 1.41. The maximum Gasteiger partial charge on any atom is 0.338 e. The molecule has 0 saturated carbocycles. The van der Waals surface area contributed by atoms with Crippen molar-refractivity contribution in [3.05, 3.63) is 12.2 Å². The topological polar surface area (TPSA) is 89.9 Å². The van der Waals surface area contributed by atoms with Crippen LogP contribution in [-0.2, 0) is 23.9 Å². The first-order valence-corrected chi connectivity index (χ1v) is 4.80. The predicted molar refractivity (Wildman–Crippen MR) is 53.2 cm³/mol. The highest BCUT2D eigenvalue weighted by Gasteiger charge is 2.05. The smallest absolute Gasteiger partial charge is 0.338 e. The van der Waals surface area contributed by atoms with E-state index in [0.29, 0.717) is 6.42 Å². The van der Waals surface area contributed by atoms with Crippen LogP contribution in [0.2, 0.25) is 0 Å². The molecule has 0 aromatic rings. The zero-order chi connectivity index (χ0) is 12.4. The van der Waals surface area contributed by atoms with Gasteiger partial charge in [-0.05, 0) is 0 Å². The van der Waals surface area contributed by atoms with Gasteiger partial charge in [0.25, 0.3) is 0 Å². The fourth-order valence-corrected chi connectivity index (χ4v) is 0.640. The molecule has 0 aliphatic carbocycles. The van der Waals surface area contributed by atoms with E-state index in [4.69, 9.17) is 5.11 Å². The van der Waals surface area contributed by atoms with Crippen LogP contribution in [0.25, 0.3) is 0 Å². The normalized spacial score (nSPS) is 10.1. The van der Waals surface area contributed by atoms with Crippen molar-refractivity contribution in [1.29, 1.82) is 0 Å². The molecule has 0 heterocycles. The van der Waals surface area contributed by atoms with Gasteiger partial charge in [0.05, 0.1) is 6.61 Å². The fraction of sp³-hybridized carbons (Fsp3) is 0.500. The van der Waals surface area contributed by atoms with Crippen LogP contribution in [-0.4, -0.2) is 36.2 Å². The molecule has 0 aliphatic rings. The lowest BCUT2D eigenvalue weighted by molar-refractivity contribution is -0.156. The first-order chi connectivity index (χ1) is 7.60. The maximum atomic E-state index is 10.9. The summed E-state index contributed by atoms with van der Waals surface area (Å²) in [4.78, 5) is 32.4. The van der Waals surface area contributed by atoms with Crippen molar-refractivity contribution in [3.63, 3.8) is 0 Å². The largest absolute Gasteiger partial charge is 0.462 e. The van der Waals surface area contributed by atoms with E-state index in [0.717, 1.165) is 12.2 Å². The fourth-order valence-electron chi connectivity index (χ4n) is 0.640. The second kappa shape index (κ2) is 8.60. The van der Waals surface area contributed by atoms with Crippen molar-refractivity contribution >= 4 is 17.9 Å². The van der Waals surface area contributed by atoms with Gasteiger partial charge in [-0.1, -0.05) is 6.92 Å². The zero-order valence-corrected chi connectivity index (χ0v) is 8.97. The van der Waals surface area contributed by atoms with Gasteiger partial charge >= 0.3 is 17.9 Å². The molecule has 0 atom stereocenters. The Hall–Kier alpha value is -1.69. The van der Waals surface area contributed by atoms with E-state index in [-0.39, 0.29) is 19.6 Å². The van der Waals surface area contributed by atoms with Gasteiger partial charge in [-0.2, -0.15) is 0 Å². The van der Waals surface area contributed by atoms with E-state index in [2.05, 4.69) is 9.47 Å². The third kappa shape index (κ3) is 7.69. The van der Waals surface area contributed by atoms with Gasteiger partial charge in [-0.15, -0.1) is 0 Å². The van der Waals surface area contributed by atoms with E-state index in [9.17, 15) is 14.4 Å². The molecular formula is C10H14O6. The molecule has 6 nitrogen and oxygen atoms in total. The number of aliphatic hydroxyl groups excluding tert-OH is 1. The van der Waals surface area contributed by atoms with Crippen LogP contribution in [0.15, 0.2) is 12.2 Å². The van der Waals surface area contributed by atoms with Crippen molar-refractivity contribution in [1.82, 2.24) is 0 Å². The minimum Gasteiger partial charge on any atom is -0.462 e. The second-order valence-corrected chi connectivity index (χ2v) is 2.72. The Labute approximate surface area is 92.8 Å². The van der Waals surface area contributed by atoms with Crippen LogP contribution in [0.5, 0.6) is 0 Å². The lowest BCUT2D eigenvalue weighted by Gasteiger charge is -1.98. The standard InChI is InChI=1S/C10H14O6/c1-2-8(12)16-10(14)5-4-9(13)15-7-3-6-11/h4-5,11H,2-3,6-7H2,1H3/b5-4-. The molecule has 0 radical (unpaired) electrons. The Kier molecular flexibility index (Phi) is 7.70. The van der Waals surface area contributed by atoms with Crippen LogP contribution >= 0.6 is 0 Å². The van der Waals surface area contributed by atoms with Gasteiger partial charge in [-0.3, -0.25) is 4.79 Å². The number of rotatable bonds is 6. The summed E-state index contributed by atoms with van der Waals surface area (Å²) >= 11 is 0. The Morgan fingerprint density at radius 3 is 2.38 bits per heavy atom. The van der Waals surface area contributed by atoms with Crippen molar-refractivity contribution in [2.45, 2.75) is 19.8 Å². The average Bonchev–Trinajstić information content (AvgIpc) is 2.26. The third-order valence-corrected chi connectivity index (χ3v) is 1.41. The van der Waals surface area contributed by atoms with Gasteiger partial charge < -0.3 is 14.6 Å². The van der Waals surface area contributed by atoms with Gasteiger partial charge in [0, 0.05) is 31.6 Å². The molecule has 0 fully saturated rings. The highest BCUT2D eigenvalue weighted by Crippen LogP contribution is 1.90. The quantitative estimate of drug-likeness (QED) is 0.298. The summed E-state index contributed by atoms with van der Waals surface area (Å²) in [5, 5.41) is 8.40. The lowest BCUT2D eigenvalue weighted by Crippen LogP contribution is -2.10. The first-order valence-electron chi connectivity index (χ1n) is 4.80. The number of esters is 3. The van der Waals surface area contributed by atoms with Gasteiger partial charge in [0.2, 0.25) is 0 Å². The number of hydrogen-bond acceptors (Lipinski definition) is 6. The molecule has 16 heavy (non-hydrogen) atoms. The summed E-state index contributed by atoms with van der Waals surface area (Å²) < 4.78 is 8.85. The van der Waals surface area contributed by atoms with Crippen molar-refractivity contribution in [2.24, 2.45) is 0 Å². The predicted octanol–water partition coefficient (Wildman–Crippen LogP) is -0.0520. The van der Waals surface area contributed by atoms with Crippen molar-refractivity contribution in [2.75, 3.05) is 13.2 Å². The number of aliphatic hydroxyl groups is 1. The molecule has 0 saturated heterocycles. The summed E-state index contributed by atoms with van der Waals surface area (Å²) in [7, 11) is 0. The monoisotopic (exact) mass is 230 g/mol. The Morgan fingerprint density at radius 1 is 1.19 bits per heavy atom. The number of carbonyl (C=O) groups is 3. The minimum atomic E-state index is -0.911.